The van der Waals surface area contributed by atoms with Crippen LogP contribution in [0.1, 0.15) is 31.9 Å². The van der Waals surface area contributed by atoms with Crippen LogP contribution in [0, 0.1) is 0 Å². The number of anilines is 2. The molecular formula is C22H22ClN5OS. The molecule has 1 amide bonds. The zero-order valence-corrected chi connectivity index (χ0v) is 18.3. The lowest BCUT2D eigenvalue weighted by molar-refractivity contribution is -0.113. The summed E-state index contributed by atoms with van der Waals surface area (Å²) < 4.78 is 1.77. The molecule has 30 heavy (non-hydrogen) atoms. The third-order valence-corrected chi connectivity index (χ3v) is 5.99. The summed E-state index contributed by atoms with van der Waals surface area (Å²) in [4.78, 5) is 17.9. The summed E-state index contributed by atoms with van der Waals surface area (Å²) in [5.74, 6) is 1.35. The number of para-hydroxylation sites is 1. The number of rotatable bonds is 6. The van der Waals surface area contributed by atoms with E-state index >= 15 is 0 Å². The van der Waals surface area contributed by atoms with E-state index in [4.69, 9.17) is 16.7 Å². The smallest absolute Gasteiger partial charge is 0.255 e. The molecule has 1 aliphatic heterocycles. The van der Waals surface area contributed by atoms with Gasteiger partial charge in [-0.15, -0.1) is 5.10 Å². The summed E-state index contributed by atoms with van der Waals surface area (Å²) in [7, 11) is 0. The minimum absolute atomic E-state index is 0.194. The van der Waals surface area contributed by atoms with Crippen LogP contribution in [-0.2, 0) is 4.79 Å². The molecule has 0 saturated carbocycles. The Kier molecular flexibility index (Phi) is 6.11. The van der Waals surface area contributed by atoms with Crippen molar-refractivity contribution in [3.05, 3.63) is 76.5 Å². The molecule has 0 saturated heterocycles. The molecule has 1 atom stereocenters. The maximum absolute atomic E-state index is 13.3. The van der Waals surface area contributed by atoms with Gasteiger partial charge >= 0.3 is 0 Å². The van der Waals surface area contributed by atoms with Gasteiger partial charge in [-0.05, 0) is 43.2 Å². The Morgan fingerprint density at radius 1 is 1.23 bits per heavy atom. The van der Waals surface area contributed by atoms with Crippen molar-refractivity contribution in [2.45, 2.75) is 31.5 Å². The van der Waals surface area contributed by atoms with E-state index in [0.29, 0.717) is 21.7 Å². The second-order valence-electron chi connectivity index (χ2n) is 6.95. The molecule has 1 unspecified atom stereocenters. The summed E-state index contributed by atoms with van der Waals surface area (Å²) in [6.45, 7) is 4.00. The average molecular weight is 440 g/mol. The Bertz CT molecular complexity index is 1100. The van der Waals surface area contributed by atoms with Gasteiger partial charge in [-0.2, -0.15) is 4.98 Å². The molecule has 2 aromatic carbocycles. The summed E-state index contributed by atoms with van der Waals surface area (Å²) in [5, 5.41) is 12.2. The van der Waals surface area contributed by atoms with Gasteiger partial charge < -0.3 is 10.6 Å². The largest absolute Gasteiger partial charge is 0.328 e. The van der Waals surface area contributed by atoms with Crippen LogP contribution in [-0.4, -0.2) is 26.4 Å². The number of carbonyl (C=O) groups excluding carboxylic acids is 1. The maximum Gasteiger partial charge on any atom is 0.255 e. The van der Waals surface area contributed by atoms with Crippen molar-refractivity contribution in [1.29, 1.82) is 0 Å². The number of allylic oxidation sites excluding steroid dienone is 1. The minimum Gasteiger partial charge on any atom is -0.328 e. The summed E-state index contributed by atoms with van der Waals surface area (Å²) in [6.07, 6.45) is 1.03. The number of thioether (sulfide) groups is 1. The van der Waals surface area contributed by atoms with Crippen LogP contribution in [0.4, 0.5) is 11.6 Å². The number of carbonyl (C=O) groups is 1. The van der Waals surface area contributed by atoms with Crippen LogP contribution in [0.5, 0.6) is 0 Å². The highest BCUT2D eigenvalue weighted by atomic mass is 35.5. The number of halogens is 1. The Morgan fingerprint density at radius 3 is 2.77 bits per heavy atom. The lowest BCUT2D eigenvalue weighted by Gasteiger charge is -2.28. The number of nitrogens with zero attached hydrogens (tertiary/aromatic N) is 3. The zero-order chi connectivity index (χ0) is 21.1. The highest BCUT2D eigenvalue weighted by Gasteiger charge is 2.34. The predicted octanol–water partition coefficient (Wildman–Crippen LogP) is 5.36. The second-order valence-corrected chi connectivity index (χ2v) is 8.45. The van der Waals surface area contributed by atoms with Gasteiger partial charge in [-0.25, -0.2) is 4.68 Å². The molecule has 1 aromatic heterocycles. The number of amides is 1. The van der Waals surface area contributed by atoms with Crippen molar-refractivity contribution in [3.8, 4) is 0 Å². The van der Waals surface area contributed by atoms with Gasteiger partial charge in [-0.1, -0.05) is 60.6 Å². The highest BCUT2D eigenvalue weighted by Crippen LogP contribution is 2.37. The van der Waals surface area contributed by atoms with Gasteiger partial charge in [0.25, 0.3) is 5.91 Å². The van der Waals surface area contributed by atoms with Gasteiger partial charge in [0.1, 0.15) is 6.04 Å². The van der Waals surface area contributed by atoms with Gasteiger partial charge in [0.2, 0.25) is 11.1 Å². The average Bonchev–Trinajstić information content (AvgIpc) is 3.14. The number of aromatic nitrogens is 3. The van der Waals surface area contributed by atoms with Gasteiger partial charge in [0, 0.05) is 22.2 Å². The molecule has 154 valence electrons. The Labute approximate surface area is 184 Å². The normalized spacial score (nSPS) is 15.5. The first-order valence-electron chi connectivity index (χ1n) is 9.76. The number of hydrogen-bond donors (Lipinski definition) is 2. The Morgan fingerprint density at radius 2 is 2.03 bits per heavy atom. The van der Waals surface area contributed by atoms with Crippen molar-refractivity contribution in [1.82, 2.24) is 14.8 Å². The molecule has 0 fully saturated rings. The van der Waals surface area contributed by atoms with E-state index in [1.54, 1.807) is 16.4 Å². The lowest BCUT2D eigenvalue weighted by atomic mass is 9.95. The number of benzene rings is 2. The molecule has 4 rings (SSSR count). The highest BCUT2D eigenvalue weighted by molar-refractivity contribution is 7.99. The van der Waals surface area contributed by atoms with Crippen LogP contribution in [0.25, 0.3) is 0 Å². The molecule has 1 aliphatic rings. The number of hydrogen-bond acceptors (Lipinski definition) is 5. The van der Waals surface area contributed by atoms with Gasteiger partial charge in [0.05, 0.1) is 5.57 Å². The van der Waals surface area contributed by atoms with Crippen LogP contribution in [0.2, 0.25) is 5.02 Å². The third-order valence-electron chi connectivity index (χ3n) is 4.71. The lowest BCUT2D eigenvalue weighted by Crippen LogP contribution is -2.31. The first-order chi connectivity index (χ1) is 14.6. The first-order valence-corrected chi connectivity index (χ1v) is 11.1. The molecule has 2 N–H and O–H groups in total. The fourth-order valence-electron chi connectivity index (χ4n) is 3.38. The SMILES string of the molecule is CCCSc1nc2n(n1)C(c1cccc(Cl)c1)C(C(=O)Nc1ccccc1)=C(C)N2. The molecule has 0 radical (unpaired) electrons. The topological polar surface area (TPSA) is 71.8 Å². The van der Waals surface area contributed by atoms with Crippen LogP contribution >= 0.6 is 23.4 Å². The molecular weight excluding hydrogens is 418 g/mol. The Hall–Kier alpha value is -2.77. The monoisotopic (exact) mass is 439 g/mol. The van der Waals surface area contributed by atoms with E-state index in [2.05, 4.69) is 22.5 Å². The van der Waals surface area contributed by atoms with E-state index in [9.17, 15) is 4.79 Å². The van der Waals surface area contributed by atoms with Gasteiger partial charge in [-0.3, -0.25) is 4.79 Å². The predicted molar refractivity (Wildman–Crippen MR) is 122 cm³/mol. The zero-order valence-electron chi connectivity index (χ0n) is 16.7. The minimum atomic E-state index is -0.438. The van der Waals surface area contributed by atoms with Crippen molar-refractivity contribution < 1.29 is 4.79 Å². The molecule has 8 heteroatoms. The quantitative estimate of drug-likeness (QED) is 0.506. The van der Waals surface area contributed by atoms with Crippen molar-refractivity contribution in [2.75, 3.05) is 16.4 Å². The van der Waals surface area contributed by atoms with Crippen molar-refractivity contribution >= 4 is 40.9 Å². The summed E-state index contributed by atoms with van der Waals surface area (Å²) >= 11 is 7.88. The van der Waals surface area contributed by atoms with Crippen LogP contribution < -0.4 is 10.6 Å². The van der Waals surface area contributed by atoms with Crippen LogP contribution in [0.3, 0.4) is 0 Å². The Balaban J connectivity index is 1.77. The first kappa shape index (κ1) is 20.5. The van der Waals surface area contributed by atoms with Crippen LogP contribution in [0.15, 0.2) is 71.0 Å². The fraction of sp³-hybridized carbons (Fsp3) is 0.227. The molecule has 0 aliphatic carbocycles. The molecule has 0 spiro atoms. The number of nitrogens with one attached hydrogen (secondary N) is 2. The number of fused-ring (bicyclic) bond motifs is 1. The fourth-order valence-corrected chi connectivity index (χ4v) is 4.27. The molecule has 0 bridgehead atoms. The van der Waals surface area contributed by atoms with E-state index in [0.717, 1.165) is 29.1 Å². The molecule has 6 nitrogen and oxygen atoms in total. The molecule has 2 heterocycles. The standard InChI is InChI=1S/C22H22ClN5OS/c1-3-12-30-22-26-21-24-14(2)18(20(29)25-17-10-5-4-6-11-17)19(28(21)27-22)15-8-7-9-16(23)13-15/h4-11,13,19H,3,12H2,1-2H3,(H,25,29)(H,24,26,27). The van der Waals surface area contributed by atoms with Crippen molar-refractivity contribution in [2.24, 2.45) is 0 Å². The van der Waals surface area contributed by atoms with Gasteiger partial charge in [0.15, 0.2) is 0 Å². The van der Waals surface area contributed by atoms with E-state index in [1.165, 1.54) is 0 Å². The van der Waals surface area contributed by atoms with E-state index in [1.807, 2.05) is 61.5 Å². The van der Waals surface area contributed by atoms with Crippen molar-refractivity contribution in [3.63, 3.8) is 0 Å². The summed E-state index contributed by atoms with van der Waals surface area (Å²) in [6, 6.07) is 16.5. The second kappa shape index (κ2) is 8.93. The van der Waals surface area contributed by atoms with E-state index in [-0.39, 0.29) is 5.91 Å². The summed E-state index contributed by atoms with van der Waals surface area (Å²) in [5.41, 5.74) is 2.92. The third kappa shape index (κ3) is 4.22. The molecule has 3 aromatic rings. The maximum atomic E-state index is 13.3. The van der Waals surface area contributed by atoms with E-state index < -0.39 is 6.04 Å².